The van der Waals surface area contributed by atoms with Gasteiger partial charge in [-0.1, -0.05) is 18.2 Å². The summed E-state index contributed by atoms with van der Waals surface area (Å²) in [6, 6.07) is 11.3. The lowest BCUT2D eigenvalue weighted by molar-refractivity contribution is -0.136. The second kappa shape index (κ2) is 13.5. The van der Waals surface area contributed by atoms with Crippen LogP contribution in [0.15, 0.2) is 36.4 Å². The highest BCUT2D eigenvalue weighted by Gasteiger charge is 2.21. The van der Waals surface area contributed by atoms with Crippen molar-refractivity contribution in [3.05, 3.63) is 47.5 Å². The van der Waals surface area contributed by atoms with Crippen LogP contribution in [0.4, 0.5) is 0 Å². The Balaban J connectivity index is 1.81. The SMILES string of the molecule is CCOc1cccc2c1OCCCCCNC(=O)CN(C(=O)CCc1ccc(OC)c(OC)c1)C2. The summed E-state index contributed by atoms with van der Waals surface area (Å²) in [7, 11) is 3.17. The molecule has 8 nitrogen and oxygen atoms in total. The van der Waals surface area contributed by atoms with Gasteiger partial charge in [-0.05, 0) is 56.4 Å². The number of nitrogens with zero attached hydrogens (tertiary/aromatic N) is 1. The third kappa shape index (κ3) is 7.53. The highest BCUT2D eigenvalue weighted by atomic mass is 16.5. The fraction of sp³-hybridized carbons (Fsp3) is 0.481. The van der Waals surface area contributed by atoms with Gasteiger partial charge in [0.15, 0.2) is 23.0 Å². The normalized spacial score (nSPS) is 14.8. The van der Waals surface area contributed by atoms with E-state index in [9.17, 15) is 9.59 Å². The maximum atomic E-state index is 13.3. The Hall–Kier alpha value is -3.42. The Morgan fingerprint density at radius 1 is 1.03 bits per heavy atom. The molecule has 2 aromatic rings. The lowest BCUT2D eigenvalue weighted by atomic mass is 10.1. The molecule has 1 N–H and O–H groups in total. The smallest absolute Gasteiger partial charge is 0.239 e. The number of methoxy groups -OCH3 is 2. The molecule has 3 rings (SSSR count). The van der Waals surface area contributed by atoms with Gasteiger partial charge in [0, 0.05) is 25.1 Å². The minimum Gasteiger partial charge on any atom is -0.493 e. The fourth-order valence-corrected chi connectivity index (χ4v) is 4.04. The summed E-state index contributed by atoms with van der Waals surface area (Å²) in [6.07, 6.45) is 3.45. The van der Waals surface area contributed by atoms with E-state index in [2.05, 4.69) is 5.32 Å². The molecule has 0 spiro atoms. The van der Waals surface area contributed by atoms with Gasteiger partial charge in [0.1, 0.15) is 0 Å². The number of aryl methyl sites for hydroxylation is 1. The molecule has 1 aliphatic heterocycles. The van der Waals surface area contributed by atoms with E-state index in [1.807, 2.05) is 43.3 Å². The zero-order chi connectivity index (χ0) is 25.0. The highest BCUT2D eigenvalue weighted by molar-refractivity contribution is 5.85. The van der Waals surface area contributed by atoms with Crippen LogP contribution in [0.1, 0.15) is 43.7 Å². The first kappa shape index (κ1) is 26.2. The highest BCUT2D eigenvalue weighted by Crippen LogP contribution is 2.33. The molecule has 0 saturated carbocycles. The first-order valence-corrected chi connectivity index (χ1v) is 12.2. The van der Waals surface area contributed by atoms with Crippen molar-refractivity contribution in [3.63, 3.8) is 0 Å². The Bertz CT molecular complexity index is 994. The summed E-state index contributed by atoms with van der Waals surface area (Å²) in [5.74, 6) is 2.28. The average Bonchev–Trinajstić information content (AvgIpc) is 2.88. The lowest BCUT2D eigenvalue weighted by Crippen LogP contribution is -2.40. The predicted molar refractivity (Wildman–Crippen MR) is 133 cm³/mol. The summed E-state index contributed by atoms with van der Waals surface area (Å²) in [6.45, 7) is 3.82. The van der Waals surface area contributed by atoms with E-state index >= 15 is 0 Å². The molecular formula is C27H36N2O6. The van der Waals surface area contributed by atoms with E-state index in [1.165, 1.54) is 0 Å². The maximum absolute atomic E-state index is 13.3. The van der Waals surface area contributed by atoms with Crippen LogP contribution in [0.3, 0.4) is 0 Å². The van der Waals surface area contributed by atoms with E-state index in [0.717, 1.165) is 30.4 Å². The van der Waals surface area contributed by atoms with Gasteiger partial charge in [0.05, 0.1) is 34.0 Å². The number of fused-ring (bicyclic) bond motifs is 1. The molecule has 2 amide bonds. The lowest BCUT2D eigenvalue weighted by Gasteiger charge is -2.24. The van der Waals surface area contributed by atoms with Gasteiger partial charge in [0.2, 0.25) is 11.8 Å². The quantitative estimate of drug-likeness (QED) is 0.644. The van der Waals surface area contributed by atoms with E-state index in [4.69, 9.17) is 18.9 Å². The zero-order valence-corrected chi connectivity index (χ0v) is 20.9. The van der Waals surface area contributed by atoms with Crippen molar-refractivity contribution in [2.24, 2.45) is 0 Å². The van der Waals surface area contributed by atoms with Gasteiger partial charge >= 0.3 is 0 Å². The van der Waals surface area contributed by atoms with Crippen molar-refractivity contribution < 1.29 is 28.5 Å². The van der Waals surface area contributed by atoms with E-state index in [-0.39, 0.29) is 31.3 Å². The number of nitrogens with one attached hydrogen (secondary N) is 1. The number of ether oxygens (including phenoxy) is 4. The summed E-state index contributed by atoms with van der Waals surface area (Å²) < 4.78 is 22.6. The van der Waals surface area contributed by atoms with Crippen molar-refractivity contribution in [1.29, 1.82) is 0 Å². The molecule has 0 aliphatic carbocycles. The first-order chi connectivity index (χ1) is 17.0. The molecule has 1 heterocycles. The van der Waals surface area contributed by atoms with E-state index in [0.29, 0.717) is 49.2 Å². The molecule has 8 heteroatoms. The third-order valence-electron chi connectivity index (χ3n) is 5.87. The average molecular weight is 485 g/mol. The van der Waals surface area contributed by atoms with Gasteiger partial charge in [-0.15, -0.1) is 0 Å². The second-order valence-electron chi connectivity index (χ2n) is 8.38. The number of benzene rings is 2. The predicted octanol–water partition coefficient (Wildman–Crippen LogP) is 3.74. The van der Waals surface area contributed by atoms with Crippen LogP contribution in [0, 0.1) is 0 Å². The standard InChI is InChI=1S/C27H36N2O6/c1-4-34-23-10-8-9-21-18-29(19-25(30)28-15-6-5-7-16-35-27(21)23)26(31)14-12-20-11-13-22(32-2)24(17-20)33-3/h8-11,13,17H,4-7,12,14-16,18-19H2,1-3H3,(H,28,30). The van der Waals surface area contributed by atoms with Gasteiger partial charge in [0.25, 0.3) is 0 Å². The Labute approximate surface area is 207 Å². The van der Waals surface area contributed by atoms with Crippen LogP contribution in [0.2, 0.25) is 0 Å². The Morgan fingerprint density at radius 2 is 1.86 bits per heavy atom. The Morgan fingerprint density at radius 3 is 2.63 bits per heavy atom. The number of para-hydroxylation sites is 1. The number of rotatable bonds is 7. The summed E-state index contributed by atoms with van der Waals surface area (Å²) in [4.78, 5) is 27.5. The summed E-state index contributed by atoms with van der Waals surface area (Å²) in [5.41, 5.74) is 1.77. The van der Waals surface area contributed by atoms with Crippen LogP contribution in [-0.4, -0.2) is 57.2 Å². The van der Waals surface area contributed by atoms with Crippen molar-refractivity contribution in [3.8, 4) is 23.0 Å². The van der Waals surface area contributed by atoms with Crippen LogP contribution >= 0.6 is 0 Å². The summed E-state index contributed by atoms with van der Waals surface area (Å²) in [5, 5.41) is 2.93. The molecule has 1 aliphatic rings. The monoisotopic (exact) mass is 484 g/mol. The van der Waals surface area contributed by atoms with Crippen molar-refractivity contribution in [1.82, 2.24) is 10.2 Å². The number of carbonyl (C=O) groups is 2. The van der Waals surface area contributed by atoms with Crippen molar-refractivity contribution in [2.45, 2.75) is 45.6 Å². The molecule has 0 aromatic heterocycles. The van der Waals surface area contributed by atoms with Gasteiger partial charge in [-0.25, -0.2) is 0 Å². The molecule has 0 saturated heterocycles. The minimum absolute atomic E-state index is 0.0108. The third-order valence-corrected chi connectivity index (χ3v) is 5.87. The number of hydrogen-bond donors (Lipinski definition) is 1. The van der Waals surface area contributed by atoms with Crippen LogP contribution < -0.4 is 24.3 Å². The molecule has 35 heavy (non-hydrogen) atoms. The largest absolute Gasteiger partial charge is 0.493 e. The molecule has 0 atom stereocenters. The van der Waals surface area contributed by atoms with Gasteiger partial charge in [-0.3, -0.25) is 9.59 Å². The maximum Gasteiger partial charge on any atom is 0.239 e. The van der Waals surface area contributed by atoms with Crippen LogP contribution in [0.25, 0.3) is 0 Å². The summed E-state index contributed by atoms with van der Waals surface area (Å²) >= 11 is 0. The number of carbonyl (C=O) groups excluding carboxylic acids is 2. The van der Waals surface area contributed by atoms with Crippen LogP contribution in [0.5, 0.6) is 23.0 Å². The van der Waals surface area contributed by atoms with Crippen molar-refractivity contribution >= 4 is 11.8 Å². The van der Waals surface area contributed by atoms with Gasteiger partial charge in [-0.2, -0.15) is 0 Å². The molecular weight excluding hydrogens is 448 g/mol. The van der Waals surface area contributed by atoms with E-state index < -0.39 is 0 Å². The van der Waals surface area contributed by atoms with E-state index in [1.54, 1.807) is 19.1 Å². The first-order valence-electron chi connectivity index (χ1n) is 12.2. The molecule has 2 aromatic carbocycles. The minimum atomic E-state index is -0.160. The zero-order valence-electron chi connectivity index (χ0n) is 20.9. The Kier molecular flexibility index (Phi) is 10.1. The molecule has 190 valence electrons. The number of amides is 2. The number of hydrogen-bond acceptors (Lipinski definition) is 6. The molecule has 0 bridgehead atoms. The van der Waals surface area contributed by atoms with Gasteiger partial charge < -0.3 is 29.2 Å². The van der Waals surface area contributed by atoms with Crippen molar-refractivity contribution in [2.75, 3.05) is 40.5 Å². The second-order valence-corrected chi connectivity index (χ2v) is 8.38. The molecule has 0 radical (unpaired) electrons. The molecule has 0 unspecified atom stereocenters. The molecule has 0 fully saturated rings. The fourth-order valence-electron chi connectivity index (χ4n) is 4.04. The topological polar surface area (TPSA) is 86.3 Å². The van der Waals surface area contributed by atoms with Crippen LogP contribution in [-0.2, 0) is 22.6 Å².